The second kappa shape index (κ2) is 2.78. The van der Waals surface area contributed by atoms with Gasteiger partial charge in [0.05, 0.1) is 0 Å². The Labute approximate surface area is 47.5 Å². The zero-order valence-corrected chi connectivity index (χ0v) is 4.99. The van der Waals surface area contributed by atoms with Crippen molar-refractivity contribution < 1.29 is 7.54 Å². The minimum atomic E-state index is -1.64. The fraction of sp³-hybridized carbons (Fsp3) is 0.833. The second-order valence-electron chi connectivity index (χ2n) is 1.86. The Bertz CT molecular complexity index is 118. The summed E-state index contributed by atoms with van der Waals surface area (Å²) in [5.74, 6) is -0.618. The zero-order chi connectivity index (χ0) is 7.65. The standard InChI is InChI=1S/C6H12O/c1-5(2)4-6(3)7/h5H,4H2,1-3H3/i4D2. The molecule has 0 spiro atoms. The number of hydrogen-bond acceptors (Lipinski definition) is 1. The molecule has 0 radical (unpaired) electrons. The molecule has 0 N–H and O–H groups in total. The predicted octanol–water partition coefficient (Wildman–Crippen LogP) is 1.62. The van der Waals surface area contributed by atoms with E-state index in [0.29, 0.717) is 0 Å². The Morgan fingerprint density at radius 1 is 1.86 bits per heavy atom. The molecule has 1 nitrogen and oxygen atoms in total. The summed E-state index contributed by atoms with van der Waals surface area (Å²) in [5.41, 5.74) is 0. The third kappa shape index (κ3) is 5.67. The van der Waals surface area contributed by atoms with Crippen LogP contribution in [0.15, 0.2) is 0 Å². The number of rotatable bonds is 2. The maximum Gasteiger partial charge on any atom is 0.130 e. The Balaban J connectivity index is 4.19. The Kier molecular flexibility index (Phi) is 1.45. The van der Waals surface area contributed by atoms with Crippen LogP contribution in [-0.2, 0) is 4.79 Å². The first-order chi connectivity index (χ1) is 3.89. The van der Waals surface area contributed by atoms with Crippen molar-refractivity contribution in [1.29, 1.82) is 0 Å². The Morgan fingerprint density at radius 3 is 2.29 bits per heavy atom. The quantitative estimate of drug-likeness (QED) is 0.517. The molecule has 0 aliphatic rings. The van der Waals surface area contributed by atoms with Crippen molar-refractivity contribution in [2.24, 2.45) is 5.92 Å². The minimum Gasteiger partial charge on any atom is -0.300 e. The predicted molar refractivity (Wildman–Crippen MR) is 30.1 cm³/mol. The number of Topliss-reactive ketones (excluding diaryl/α,β-unsaturated/α-hetero) is 1. The molecule has 0 fully saturated rings. The summed E-state index contributed by atoms with van der Waals surface area (Å²) < 4.78 is 14.3. The maximum atomic E-state index is 10.5. The maximum absolute atomic E-state index is 10.5. The summed E-state index contributed by atoms with van der Waals surface area (Å²) in [4.78, 5) is 10.5. The van der Waals surface area contributed by atoms with E-state index >= 15 is 0 Å². The van der Waals surface area contributed by atoms with Gasteiger partial charge in [0, 0.05) is 9.11 Å². The van der Waals surface area contributed by atoms with Gasteiger partial charge >= 0.3 is 0 Å². The molecule has 7 heavy (non-hydrogen) atoms. The third-order valence-electron chi connectivity index (χ3n) is 0.492. The molecule has 0 aromatic rings. The lowest BCUT2D eigenvalue weighted by Crippen LogP contribution is -1.95. The van der Waals surface area contributed by atoms with Gasteiger partial charge in [-0.25, -0.2) is 0 Å². The van der Waals surface area contributed by atoms with Crippen LogP contribution in [-0.4, -0.2) is 5.78 Å². The van der Waals surface area contributed by atoms with E-state index in [1.54, 1.807) is 13.8 Å². The average molecular weight is 102 g/mol. The van der Waals surface area contributed by atoms with E-state index in [1.807, 2.05) is 0 Å². The van der Waals surface area contributed by atoms with Crippen molar-refractivity contribution in [2.45, 2.75) is 27.1 Å². The molecule has 0 bridgehead atoms. The van der Waals surface area contributed by atoms with Gasteiger partial charge in [0.2, 0.25) is 0 Å². The molecule has 0 amide bonds. The van der Waals surface area contributed by atoms with Crippen LogP contribution in [0.5, 0.6) is 0 Å². The van der Waals surface area contributed by atoms with Crippen LogP contribution in [0.1, 0.15) is 29.9 Å². The van der Waals surface area contributed by atoms with Gasteiger partial charge in [0.25, 0.3) is 0 Å². The molecule has 0 saturated carbocycles. The van der Waals surface area contributed by atoms with Crippen molar-refractivity contribution in [2.75, 3.05) is 0 Å². The van der Waals surface area contributed by atoms with E-state index in [-0.39, 0.29) is 5.92 Å². The highest BCUT2D eigenvalue weighted by Gasteiger charge is 1.95. The summed E-state index contributed by atoms with van der Waals surface area (Å²) in [6, 6.07) is 0. The minimum absolute atomic E-state index is 0.227. The van der Waals surface area contributed by atoms with Gasteiger partial charge in [-0.2, -0.15) is 0 Å². The first kappa shape index (κ1) is 3.65. The van der Waals surface area contributed by atoms with Crippen molar-refractivity contribution in [3.8, 4) is 0 Å². The van der Waals surface area contributed by atoms with Crippen LogP contribution >= 0.6 is 0 Å². The van der Waals surface area contributed by atoms with Gasteiger partial charge in [0.15, 0.2) is 0 Å². The molecule has 0 unspecified atom stereocenters. The number of carbonyl (C=O) groups excluding carboxylic acids is 1. The van der Waals surface area contributed by atoms with Gasteiger partial charge in [-0.15, -0.1) is 0 Å². The van der Waals surface area contributed by atoms with Gasteiger partial charge in [-0.1, -0.05) is 13.8 Å². The van der Waals surface area contributed by atoms with E-state index in [4.69, 9.17) is 2.74 Å². The first-order valence-electron chi connectivity index (χ1n) is 3.40. The van der Waals surface area contributed by atoms with Crippen LogP contribution in [0, 0.1) is 5.92 Å². The summed E-state index contributed by atoms with van der Waals surface area (Å²) in [5, 5.41) is 0. The number of ketones is 1. The van der Waals surface area contributed by atoms with Crippen molar-refractivity contribution in [1.82, 2.24) is 0 Å². The van der Waals surface area contributed by atoms with E-state index < -0.39 is 12.2 Å². The molecular weight excluding hydrogens is 88.1 g/mol. The smallest absolute Gasteiger partial charge is 0.130 e. The van der Waals surface area contributed by atoms with E-state index in [9.17, 15) is 4.79 Å². The van der Waals surface area contributed by atoms with Gasteiger partial charge in [-0.3, -0.25) is 0 Å². The second-order valence-corrected chi connectivity index (χ2v) is 1.86. The molecule has 0 aliphatic heterocycles. The largest absolute Gasteiger partial charge is 0.300 e. The van der Waals surface area contributed by atoms with Gasteiger partial charge in [-0.05, 0) is 12.8 Å². The molecule has 0 heterocycles. The molecule has 0 aromatic heterocycles. The van der Waals surface area contributed by atoms with Crippen LogP contribution in [0.2, 0.25) is 0 Å². The fourth-order valence-electron chi connectivity index (χ4n) is 0.407. The lowest BCUT2D eigenvalue weighted by Gasteiger charge is -1.95. The highest BCUT2D eigenvalue weighted by Crippen LogP contribution is 1.97. The molecule has 0 aromatic carbocycles. The average Bonchev–Trinajstić information content (AvgIpc) is 1.65. The van der Waals surface area contributed by atoms with Crippen LogP contribution in [0.25, 0.3) is 0 Å². The molecule has 0 rings (SSSR count). The summed E-state index contributed by atoms with van der Waals surface area (Å²) >= 11 is 0. The van der Waals surface area contributed by atoms with Crippen LogP contribution in [0.4, 0.5) is 0 Å². The zero-order valence-electron chi connectivity index (χ0n) is 6.99. The van der Waals surface area contributed by atoms with Crippen molar-refractivity contribution in [3.63, 3.8) is 0 Å². The molecule has 0 aliphatic carbocycles. The molecule has 0 saturated heterocycles. The SMILES string of the molecule is [2H]C([2H])(C(C)=O)C(C)C. The highest BCUT2D eigenvalue weighted by atomic mass is 16.1. The van der Waals surface area contributed by atoms with Crippen molar-refractivity contribution in [3.05, 3.63) is 0 Å². The molecule has 42 valence electrons. The van der Waals surface area contributed by atoms with Gasteiger partial charge in [0.1, 0.15) is 5.78 Å². The van der Waals surface area contributed by atoms with E-state index in [1.165, 1.54) is 6.92 Å². The molecular formula is C6H12O. The topological polar surface area (TPSA) is 17.1 Å². The molecule has 1 heteroatoms. The number of hydrogen-bond donors (Lipinski definition) is 0. The van der Waals surface area contributed by atoms with Gasteiger partial charge < -0.3 is 4.79 Å². The Morgan fingerprint density at radius 2 is 2.29 bits per heavy atom. The Hall–Kier alpha value is -0.330. The van der Waals surface area contributed by atoms with Crippen LogP contribution in [0.3, 0.4) is 0 Å². The lowest BCUT2D eigenvalue weighted by molar-refractivity contribution is -0.117. The normalized spacial score (nSPS) is 16.0. The van der Waals surface area contributed by atoms with Crippen molar-refractivity contribution >= 4 is 5.78 Å². The van der Waals surface area contributed by atoms with E-state index in [2.05, 4.69) is 0 Å². The van der Waals surface area contributed by atoms with Crippen LogP contribution < -0.4 is 0 Å². The summed E-state index contributed by atoms with van der Waals surface area (Å²) in [6.45, 7) is 4.67. The monoisotopic (exact) mass is 102 g/mol. The summed E-state index contributed by atoms with van der Waals surface area (Å²) in [6.07, 6.45) is -1.64. The fourth-order valence-corrected chi connectivity index (χ4v) is 0.407. The van der Waals surface area contributed by atoms with E-state index in [0.717, 1.165) is 0 Å². The number of carbonyl (C=O) groups is 1. The first-order valence-corrected chi connectivity index (χ1v) is 2.40. The lowest BCUT2D eigenvalue weighted by atomic mass is 10.1. The highest BCUT2D eigenvalue weighted by molar-refractivity contribution is 5.75. The third-order valence-corrected chi connectivity index (χ3v) is 0.492. The summed E-state index contributed by atoms with van der Waals surface area (Å²) in [7, 11) is 0. The molecule has 0 atom stereocenters.